The number of carbonyl (C=O) groups is 1. The van der Waals surface area contributed by atoms with Crippen LogP contribution in [0.4, 0.5) is 0 Å². The molecule has 1 aromatic rings. The first-order valence-corrected chi connectivity index (χ1v) is 9.00. The van der Waals surface area contributed by atoms with Gasteiger partial charge in [0.25, 0.3) is 5.91 Å². The molecule has 0 bridgehead atoms. The van der Waals surface area contributed by atoms with Gasteiger partial charge in [0.15, 0.2) is 0 Å². The Morgan fingerprint density at radius 3 is 2.52 bits per heavy atom. The third-order valence-electron chi connectivity index (χ3n) is 4.28. The summed E-state index contributed by atoms with van der Waals surface area (Å²) in [4.78, 5) is 16.4. The highest BCUT2D eigenvalue weighted by atomic mass is 16.5. The summed E-state index contributed by atoms with van der Waals surface area (Å²) in [6.45, 7) is 5.12. The van der Waals surface area contributed by atoms with E-state index in [0.29, 0.717) is 32.8 Å². The highest BCUT2D eigenvalue weighted by Crippen LogP contribution is 2.16. The van der Waals surface area contributed by atoms with Gasteiger partial charge >= 0.3 is 0 Å². The summed E-state index contributed by atoms with van der Waals surface area (Å²) in [7, 11) is 1.61. The zero-order valence-corrected chi connectivity index (χ0v) is 15.7. The molecule has 1 saturated heterocycles. The molecule has 146 valence electrons. The van der Waals surface area contributed by atoms with Gasteiger partial charge in [-0.15, -0.1) is 0 Å². The number of nitriles is 1. The Hall–Kier alpha value is -2.76. The number of benzene rings is 1. The molecule has 0 atom stereocenters. The summed E-state index contributed by atoms with van der Waals surface area (Å²) >= 11 is 0. The Morgan fingerprint density at radius 2 is 1.93 bits per heavy atom. The summed E-state index contributed by atoms with van der Waals surface area (Å²) in [6, 6.07) is 9.26. The SMILES string of the molecule is COc1ccc(OCCN/C=C(/C#N)C(=O)N2CCN(CCN)CC2)cc1. The van der Waals surface area contributed by atoms with Gasteiger partial charge in [-0.3, -0.25) is 9.69 Å². The predicted molar refractivity (Wildman–Crippen MR) is 102 cm³/mol. The third kappa shape index (κ3) is 6.47. The first-order valence-electron chi connectivity index (χ1n) is 9.00. The quantitative estimate of drug-likeness (QED) is 0.361. The Balaban J connectivity index is 1.73. The van der Waals surface area contributed by atoms with E-state index in [1.54, 1.807) is 12.0 Å². The molecular weight excluding hydrogens is 346 g/mol. The van der Waals surface area contributed by atoms with E-state index in [2.05, 4.69) is 10.2 Å². The largest absolute Gasteiger partial charge is 0.497 e. The van der Waals surface area contributed by atoms with Gasteiger partial charge in [0.05, 0.1) is 7.11 Å². The molecule has 8 heteroatoms. The van der Waals surface area contributed by atoms with Crippen LogP contribution in [0, 0.1) is 11.3 Å². The average Bonchev–Trinajstić information content (AvgIpc) is 2.71. The van der Waals surface area contributed by atoms with Crippen LogP contribution in [-0.2, 0) is 4.79 Å². The van der Waals surface area contributed by atoms with Crippen LogP contribution in [0.5, 0.6) is 11.5 Å². The number of ether oxygens (including phenoxy) is 2. The highest BCUT2D eigenvalue weighted by molar-refractivity contribution is 5.97. The van der Waals surface area contributed by atoms with Gasteiger partial charge in [-0.25, -0.2) is 0 Å². The van der Waals surface area contributed by atoms with Crippen molar-refractivity contribution in [3.8, 4) is 17.6 Å². The van der Waals surface area contributed by atoms with Crippen LogP contribution in [0.15, 0.2) is 36.0 Å². The van der Waals surface area contributed by atoms with E-state index in [0.717, 1.165) is 31.1 Å². The second kappa shape index (κ2) is 11.1. The van der Waals surface area contributed by atoms with Gasteiger partial charge in [0.1, 0.15) is 29.7 Å². The minimum Gasteiger partial charge on any atom is -0.497 e. The Bertz CT molecular complexity index is 661. The van der Waals surface area contributed by atoms with Crippen molar-refractivity contribution in [1.82, 2.24) is 15.1 Å². The lowest BCUT2D eigenvalue weighted by atomic mass is 10.2. The van der Waals surface area contributed by atoms with Crippen molar-refractivity contribution in [2.24, 2.45) is 5.73 Å². The lowest BCUT2D eigenvalue weighted by Crippen LogP contribution is -2.50. The van der Waals surface area contributed by atoms with E-state index in [-0.39, 0.29) is 11.5 Å². The standard InChI is InChI=1S/C19H27N5O3/c1-26-17-2-4-18(5-3-17)27-13-7-22-15-16(14-21)19(25)24-11-9-23(8-6-20)10-12-24/h2-5,15,22H,6-13,20H2,1H3/b16-15-. The number of nitrogens with one attached hydrogen (secondary N) is 1. The monoisotopic (exact) mass is 373 g/mol. The number of methoxy groups -OCH3 is 1. The summed E-state index contributed by atoms with van der Waals surface area (Å²) in [6.07, 6.45) is 1.46. The second-order valence-electron chi connectivity index (χ2n) is 6.07. The number of nitrogens with zero attached hydrogens (tertiary/aromatic N) is 3. The molecule has 0 radical (unpaired) electrons. The van der Waals surface area contributed by atoms with E-state index in [1.807, 2.05) is 30.3 Å². The fourth-order valence-corrected chi connectivity index (χ4v) is 2.74. The minimum atomic E-state index is -0.242. The van der Waals surface area contributed by atoms with Crippen LogP contribution in [0.1, 0.15) is 0 Å². The van der Waals surface area contributed by atoms with Gasteiger partial charge in [0, 0.05) is 52.0 Å². The Labute approximate surface area is 160 Å². The lowest BCUT2D eigenvalue weighted by Gasteiger charge is -2.34. The summed E-state index contributed by atoms with van der Waals surface area (Å²) in [5.74, 6) is 1.26. The molecule has 1 aliphatic heterocycles. The average molecular weight is 373 g/mol. The summed E-state index contributed by atoms with van der Waals surface area (Å²) < 4.78 is 10.7. The van der Waals surface area contributed by atoms with Crippen LogP contribution < -0.4 is 20.5 Å². The van der Waals surface area contributed by atoms with Crippen molar-refractivity contribution < 1.29 is 14.3 Å². The van der Waals surface area contributed by atoms with Crippen LogP contribution in [0.2, 0.25) is 0 Å². The maximum atomic E-state index is 12.4. The van der Waals surface area contributed by atoms with Crippen LogP contribution in [0.3, 0.4) is 0 Å². The second-order valence-corrected chi connectivity index (χ2v) is 6.07. The molecule has 1 aliphatic rings. The number of piperazine rings is 1. The summed E-state index contributed by atoms with van der Waals surface area (Å²) in [5, 5.41) is 12.2. The van der Waals surface area contributed by atoms with Gasteiger partial charge in [-0.2, -0.15) is 5.26 Å². The molecular formula is C19H27N5O3. The lowest BCUT2D eigenvalue weighted by molar-refractivity contribution is -0.128. The predicted octanol–water partition coefficient (Wildman–Crippen LogP) is 0.174. The maximum absolute atomic E-state index is 12.4. The van der Waals surface area contributed by atoms with Crippen LogP contribution in [-0.4, -0.2) is 75.2 Å². The fourth-order valence-electron chi connectivity index (χ4n) is 2.74. The van der Waals surface area contributed by atoms with Crippen molar-refractivity contribution in [1.29, 1.82) is 5.26 Å². The maximum Gasteiger partial charge on any atom is 0.266 e. The molecule has 27 heavy (non-hydrogen) atoms. The van der Waals surface area contributed by atoms with Crippen LogP contribution in [0.25, 0.3) is 0 Å². The van der Waals surface area contributed by atoms with Crippen molar-refractivity contribution >= 4 is 5.91 Å². The van der Waals surface area contributed by atoms with Gasteiger partial charge in [-0.1, -0.05) is 0 Å². The molecule has 0 saturated carbocycles. The molecule has 1 aromatic carbocycles. The van der Waals surface area contributed by atoms with E-state index in [1.165, 1.54) is 6.20 Å². The van der Waals surface area contributed by atoms with Gasteiger partial charge in [0.2, 0.25) is 0 Å². The molecule has 1 amide bonds. The number of carbonyl (C=O) groups excluding carboxylic acids is 1. The first kappa shape index (κ1) is 20.6. The van der Waals surface area contributed by atoms with Crippen molar-refractivity contribution in [2.45, 2.75) is 0 Å². The molecule has 3 N–H and O–H groups in total. The molecule has 1 heterocycles. The minimum absolute atomic E-state index is 0.103. The van der Waals surface area contributed by atoms with Crippen LogP contribution >= 0.6 is 0 Å². The molecule has 8 nitrogen and oxygen atoms in total. The third-order valence-corrected chi connectivity index (χ3v) is 4.28. The number of nitrogens with two attached hydrogens (primary N) is 1. The smallest absolute Gasteiger partial charge is 0.266 e. The van der Waals surface area contributed by atoms with E-state index in [4.69, 9.17) is 15.2 Å². The van der Waals surface area contributed by atoms with Gasteiger partial charge < -0.3 is 25.4 Å². The molecule has 1 fully saturated rings. The molecule has 0 unspecified atom stereocenters. The fraction of sp³-hybridized carbons (Fsp3) is 0.474. The zero-order valence-electron chi connectivity index (χ0n) is 15.7. The normalized spacial score (nSPS) is 15.1. The summed E-state index contributed by atoms with van der Waals surface area (Å²) in [5.41, 5.74) is 5.66. The number of rotatable bonds is 9. The van der Waals surface area contributed by atoms with E-state index >= 15 is 0 Å². The van der Waals surface area contributed by atoms with Crippen molar-refractivity contribution in [2.75, 3.05) is 59.5 Å². The molecule has 0 aromatic heterocycles. The van der Waals surface area contributed by atoms with Gasteiger partial charge in [-0.05, 0) is 24.3 Å². The molecule has 2 rings (SSSR count). The van der Waals surface area contributed by atoms with E-state index in [9.17, 15) is 10.1 Å². The Morgan fingerprint density at radius 1 is 1.26 bits per heavy atom. The first-order chi connectivity index (χ1) is 13.2. The number of hydrogen-bond acceptors (Lipinski definition) is 7. The topological polar surface area (TPSA) is 104 Å². The highest BCUT2D eigenvalue weighted by Gasteiger charge is 2.23. The molecule has 0 spiro atoms. The van der Waals surface area contributed by atoms with Crippen molar-refractivity contribution in [3.63, 3.8) is 0 Å². The molecule has 0 aliphatic carbocycles. The number of amides is 1. The number of hydrogen-bond donors (Lipinski definition) is 2. The Kier molecular flexibility index (Phi) is 8.42. The van der Waals surface area contributed by atoms with Crippen molar-refractivity contribution in [3.05, 3.63) is 36.0 Å². The zero-order chi connectivity index (χ0) is 19.5. The van der Waals surface area contributed by atoms with E-state index < -0.39 is 0 Å².